The van der Waals surface area contributed by atoms with Gasteiger partial charge in [0.2, 0.25) is 5.91 Å². The molecule has 5 nitrogen and oxygen atoms in total. The number of thioether (sulfide) groups is 1. The Hall–Kier alpha value is -1.61. The molecule has 1 fully saturated rings. The third kappa shape index (κ3) is 2.94. The molecule has 82 valence electrons. The molecule has 1 aromatic heterocycles. The maximum atomic E-state index is 11.4. The van der Waals surface area contributed by atoms with Gasteiger partial charge in [0.15, 0.2) is 5.82 Å². The van der Waals surface area contributed by atoms with Gasteiger partial charge in [0.05, 0.1) is 11.8 Å². The van der Waals surface area contributed by atoms with Crippen LogP contribution in [0, 0.1) is 17.2 Å². The van der Waals surface area contributed by atoms with Crippen LogP contribution >= 0.6 is 11.8 Å². The number of carbonyl (C=O) groups excluding carboxylic acids is 1. The van der Waals surface area contributed by atoms with E-state index in [9.17, 15) is 4.79 Å². The van der Waals surface area contributed by atoms with Gasteiger partial charge < -0.3 is 5.32 Å². The highest BCUT2D eigenvalue weighted by Gasteiger charge is 2.29. The highest BCUT2D eigenvalue weighted by atomic mass is 32.2. The molecule has 2 rings (SSSR count). The van der Waals surface area contributed by atoms with Crippen LogP contribution in [0.3, 0.4) is 0 Å². The van der Waals surface area contributed by atoms with Crippen LogP contribution < -0.4 is 5.32 Å². The summed E-state index contributed by atoms with van der Waals surface area (Å²) in [5, 5.41) is 19.5. The molecule has 0 unspecified atom stereocenters. The topological polar surface area (TPSA) is 78.7 Å². The van der Waals surface area contributed by atoms with Gasteiger partial charge in [-0.15, -0.1) is 10.2 Å². The molecule has 16 heavy (non-hydrogen) atoms. The molecular formula is C10H10N4OS. The normalized spacial score (nSPS) is 14.2. The van der Waals surface area contributed by atoms with E-state index < -0.39 is 0 Å². The van der Waals surface area contributed by atoms with Crippen molar-refractivity contribution in [3.63, 3.8) is 0 Å². The summed E-state index contributed by atoms with van der Waals surface area (Å²) in [5.74, 6) is 1.00. The van der Waals surface area contributed by atoms with E-state index in [0.29, 0.717) is 16.6 Å². The fourth-order valence-electron chi connectivity index (χ4n) is 1.14. The van der Waals surface area contributed by atoms with E-state index in [1.54, 1.807) is 12.1 Å². The number of nitrogens with one attached hydrogen (secondary N) is 1. The van der Waals surface area contributed by atoms with E-state index in [2.05, 4.69) is 15.5 Å². The molecule has 0 bridgehead atoms. The third-order valence-electron chi connectivity index (χ3n) is 2.12. The molecule has 1 aliphatic rings. The van der Waals surface area contributed by atoms with Crippen molar-refractivity contribution in [3.8, 4) is 6.07 Å². The fraction of sp³-hybridized carbons (Fsp3) is 0.400. The predicted octanol–water partition coefficient (Wildman–Crippen LogP) is 1.44. The Balaban J connectivity index is 1.91. The number of aromatic nitrogens is 2. The number of nitrogens with zero attached hydrogens (tertiary/aromatic N) is 3. The van der Waals surface area contributed by atoms with Crippen LogP contribution in [-0.2, 0) is 4.79 Å². The van der Waals surface area contributed by atoms with Crippen LogP contribution in [0.15, 0.2) is 17.2 Å². The number of hydrogen-bond acceptors (Lipinski definition) is 5. The Kier molecular flexibility index (Phi) is 3.37. The Bertz CT molecular complexity index is 421. The molecule has 1 saturated carbocycles. The van der Waals surface area contributed by atoms with Crippen LogP contribution in [0.5, 0.6) is 0 Å². The average molecular weight is 234 g/mol. The molecule has 0 saturated heterocycles. The van der Waals surface area contributed by atoms with Crippen molar-refractivity contribution in [2.24, 2.45) is 5.92 Å². The standard InChI is InChI=1S/C10H10N4OS/c11-5-6-16-9-4-3-8(13-14-9)12-10(15)7-1-2-7/h3-4,7H,1-2,6H2,(H,12,13,15). The summed E-state index contributed by atoms with van der Waals surface area (Å²) in [4.78, 5) is 11.4. The number of carbonyl (C=O) groups is 1. The maximum Gasteiger partial charge on any atom is 0.228 e. The minimum absolute atomic E-state index is 0.0201. The van der Waals surface area contributed by atoms with E-state index in [4.69, 9.17) is 5.26 Å². The number of amides is 1. The van der Waals surface area contributed by atoms with Crippen LogP contribution in [0.4, 0.5) is 5.82 Å². The number of nitriles is 1. The van der Waals surface area contributed by atoms with Gasteiger partial charge in [0, 0.05) is 5.92 Å². The van der Waals surface area contributed by atoms with Crippen LogP contribution in [0.2, 0.25) is 0 Å². The minimum atomic E-state index is 0.0201. The van der Waals surface area contributed by atoms with Gasteiger partial charge in [0.1, 0.15) is 5.03 Å². The molecule has 0 radical (unpaired) electrons. The first-order valence-electron chi connectivity index (χ1n) is 4.94. The van der Waals surface area contributed by atoms with Gasteiger partial charge in [-0.2, -0.15) is 5.26 Å². The molecular weight excluding hydrogens is 224 g/mol. The summed E-state index contributed by atoms with van der Waals surface area (Å²) in [7, 11) is 0. The first-order valence-corrected chi connectivity index (χ1v) is 5.92. The number of rotatable bonds is 4. The van der Waals surface area contributed by atoms with E-state index >= 15 is 0 Å². The highest BCUT2D eigenvalue weighted by Crippen LogP contribution is 2.29. The van der Waals surface area contributed by atoms with Crippen molar-refractivity contribution in [1.29, 1.82) is 5.26 Å². The van der Waals surface area contributed by atoms with Gasteiger partial charge in [0.25, 0.3) is 0 Å². The Morgan fingerprint density at radius 1 is 1.56 bits per heavy atom. The Morgan fingerprint density at radius 2 is 2.38 bits per heavy atom. The lowest BCUT2D eigenvalue weighted by Crippen LogP contribution is -2.14. The van der Waals surface area contributed by atoms with Crippen molar-refractivity contribution in [3.05, 3.63) is 12.1 Å². The summed E-state index contributed by atoms with van der Waals surface area (Å²) in [6.07, 6.45) is 1.94. The van der Waals surface area contributed by atoms with Crippen molar-refractivity contribution < 1.29 is 4.79 Å². The molecule has 0 aromatic carbocycles. The van der Waals surface area contributed by atoms with Gasteiger partial charge in [-0.3, -0.25) is 4.79 Å². The second-order valence-electron chi connectivity index (χ2n) is 3.47. The number of hydrogen-bond donors (Lipinski definition) is 1. The zero-order chi connectivity index (χ0) is 11.4. The Morgan fingerprint density at radius 3 is 2.94 bits per heavy atom. The lowest BCUT2D eigenvalue weighted by atomic mass is 10.4. The van der Waals surface area contributed by atoms with Crippen molar-refractivity contribution in [1.82, 2.24) is 10.2 Å². The van der Waals surface area contributed by atoms with Gasteiger partial charge in [-0.25, -0.2) is 0 Å². The molecule has 0 spiro atoms. The zero-order valence-corrected chi connectivity index (χ0v) is 9.33. The van der Waals surface area contributed by atoms with Crippen molar-refractivity contribution in [2.45, 2.75) is 17.9 Å². The van der Waals surface area contributed by atoms with Gasteiger partial charge >= 0.3 is 0 Å². The highest BCUT2D eigenvalue weighted by molar-refractivity contribution is 7.99. The van der Waals surface area contributed by atoms with Gasteiger partial charge in [-0.1, -0.05) is 11.8 Å². The summed E-state index contributed by atoms with van der Waals surface area (Å²) < 4.78 is 0. The monoisotopic (exact) mass is 234 g/mol. The molecule has 6 heteroatoms. The van der Waals surface area contributed by atoms with Gasteiger partial charge in [-0.05, 0) is 25.0 Å². The first kappa shape index (κ1) is 10.9. The first-order chi connectivity index (χ1) is 7.79. The molecule has 1 aromatic rings. The quantitative estimate of drug-likeness (QED) is 0.797. The smallest absolute Gasteiger partial charge is 0.228 e. The Labute approximate surface area is 97.3 Å². The SMILES string of the molecule is N#CCSc1ccc(NC(=O)C2CC2)nn1. The largest absolute Gasteiger partial charge is 0.309 e. The molecule has 1 heterocycles. The minimum Gasteiger partial charge on any atom is -0.309 e. The second kappa shape index (κ2) is 4.94. The second-order valence-corrected chi connectivity index (χ2v) is 4.46. The lowest BCUT2D eigenvalue weighted by Gasteiger charge is -2.02. The molecule has 0 atom stereocenters. The van der Waals surface area contributed by atoms with E-state index in [-0.39, 0.29) is 11.8 Å². The molecule has 1 amide bonds. The average Bonchev–Trinajstić information content (AvgIpc) is 3.12. The molecule has 0 aliphatic heterocycles. The molecule has 1 aliphatic carbocycles. The fourth-order valence-corrected chi connectivity index (χ4v) is 1.62. The van der Waals surface area contributed by atoms with Crippen molar-refractivity contribution in [2.75, 3.05) is 11.1 Å². The van der Waals surface area contributed by atoms with E-state index in [1.807, 2.05) is 6.07 Å². The van der Waals surface area contributed by atoms with Crippen LogP contribution in [-0.4, -0.2) is 21.9 Å². The predicted molar refractivity (Wildman–Crippen MR) is 59.7 cm³/mol. The van der Waals surface area contributed by atoms with E-state index in [0.717, 1.165) is 12.8 Å². The summed E-state index contributed by atoms with van der Waals surface area (Å²) >= 11 is 1.32. The maximum absolute atomic E-state index is 11.4. The van der Waals surface area contributed by atoms with E-state index in [1.165, 1.54) is 11.8 Å². The molecule has 1 N–H and O–H groups in total. The van der Waals surface area contributed by atoms with Crippen LogP contribution in [0.25, 0.3) is 0 Å². The van der Waals surface area contributed by atoms with Crippen LogP contribution in [0.1, 0.15) is 12.8 Å². The third-order valence-corrected chi connectivity index (χ3v) is 2.91. The number of anilines is 1. The summed E-state index contributed by atoms with van der Waals surface area (Å²) in [6, 6.07) is 5.46. The summed E-state index contributed by atoms with van der Waals surface area (Å²) in [6.45, 7) is 0. The zero-order valence-electron chi connectivity index (χ0n) is 8.51. The lowest BCUT2D eigenvalue weighted by molar-refractivity contribution is -0.117. The van der Waals surface area contributed by atoms with Crippen molar-refractivity contribution >= 4 is 23.5 Å². The summed E-state index contributed by atoms with van der Waals surface area (Å²) in [5.41, 5.74) is 0.